The van der Waals surface area contributed by atoms with Gasteiger partial charge in [0.15, 0.2) is 5.60 Å². The molecule has 22 heavy (non-hydrogen) atoms. The van der Waals surface area contributed by atoms with E-state index >= 15 is 0 Å². The summed E-state index contributed by atoms with van der Waals surface area (Å²) in [5.74, 6) is -0.613. The van der Waals surface area contributed by atoms with Gasteiger partial charge >= 0.3 is 0 Å². The van der Waals surface area contributed by atoms with Gasteiger partial charge in [0, 0.05) is 12.5 Å². The van der Waals surface area contributed by atoms with Crippen molar-refractivity contribution < 1.29 is 9.90 Å². The molecule has 1 fully saturated rings. The van der Waals surface area contributed by atoms with Gasteiger partial charge in [0.05, 0.1) is 6.54 Å². The molecule has 3 heteroatoms. The van der Waals surface area contributed by atoms with Crippen molar-refractivity contribution in [3.63, 3.8) is 0 Å². The smallest absolute Gasteiger partial charge is 0.257 e. The van der Waals surface area contributed by atoms with E-state index in [2.05, 4.69) is 6.58 Å². The summed E-state index contributed by atoms with van der Waals surface area (Å²) in [4.78, 5) is 14.2. The normalized spacial score (nSPS) is 22.0. The second-order valence-corrected chi connectivity index (χ2v) is 5.70. The molecule has 0 spiro atoms. The molecule has 0 saturated carbocycles. The average molecular weight is 293 g/mol. The molecule has 2 aromatic carbocycles. The van der Waals surface area contributed by atoms with E-state index in [-0.39, 0.29) is 11.8 Å². The molecule has 0 radical (unpaired) electrons. The quantitative estimate of drug-likeness (QED) is 0.680. The van der Waals surface area contributed by atoms with Crippen molar-refractivity contribution in [3.8, 4) is 0 Å². The summed E-state index contributed by atoms with van der Waals surface area (Å²) in [6.07, 6.45) is 1.66. The molecule has 2 atom stereocenters. The Morgan fingerprint density at radius 3 is 2.27 bits per heavy atom. The van der Waals surface area contributed by atoms with Crippen LogP contribution in [0, 0.1) is 0 Å². The lowest BCUT2D eigenvalue weighted by molar-refractivity contribution is -0.178. The third-order valence-electron chi connectivity index (χ3n) is 4.21. The van der Waals surface area contributed by atoms with Crippen molar-refractivity contribution in [2.24, 2.45) is 0 Å². The largest absolute Gasteiger partial charge is 0.377 e. The molecule has 3 nitrogen and oxygen atoms in total. The first kappa shape index (κ1) is 14.5. The lowest BCUT2D eigenvalue weighted by Gasteiger charge is -2.48. The lowest BCUT2D eigenvalue weighted by Crippen LogP contribution is -2.68. The molecule has 112 valence electrons. The molecular formula is C19H19NO2. The van der Waals surface area contributed by atoms with Crippen LogP contribution in [0.3, 0.4) is 0 Å². The topological polar surface area (TPSA) is 40.5 Å². The first-order chi connectivity index (χ1) is 10.6. The molecule has 3 rings (SSSR count). The summed E-state index contributed by atoms with van der Waals surface area (Å²) in [6, 6.07) is 19.3. The maximum Gasteiger partial charge on any atom is 0.257 e. The van der Waals surface area contributed by atoms with Gasteiger partial charge in [-0.05, 0) is 11.1 Å². The van der Waals surface area contributed by atoms with E-state index in [4.69, 9.17) is 0 Å². The van der Waals surface area contributed by atoms with Gasteiger partial charge in [0.2, 0.25) is 0 Å². The fourth-order valence-corrected chi connectivity index (χ4v) is 3.04. The molecule has 1 N–H and O–H groups in total. The fraction of sp³-hybridized carbons (Fsp3) is 0.211. The molecule has 0 aliphatic carbocycles. The van der Waals surface area contributed by atoms with E-state index in [1.165, 1.54) is 0 Å². The number of hydrogen-bond donors (Lipinski definition) is 1. The van der Waals surface area contributed by atoms with Crippen LogP contribution in [-0.4, -0.2) is 28.1 Å². The third-order valence-corrected chi connectivity index (χ3v) is 4.21. The number of nitrogens with zero attached hydrogens (tertiary/aromatic N) is 1. The predicted molar refractivity (Wildman–Crippen MR) is 86.2 cm³/mol. The average Bonchev–Trinajstić information content (AvgIpc) is 2.57. The van der Waals surface area contributed by atoms with Crippen LogP contribution in [0.2, 0.25) is 0 Å². The van der Waals surface area contributed by atoms with Crippen LogP contribution in [0.4, 0.5) is 0 Å². The third kappa shape index (κ3) is 2.44. The minimum absolute atomic E-state index is 0.231. The highest BCUT2D eigenvalue weighted by Crippen LogP contribution is 2.38. The summed E-state index contributed by atoms with van der Waals surface area (Å²) in [5.41, 5.74) is 0.596. The second-order valence-electron chi connectivity index (χ2n) is 5.70. The van der Waals surface area contributed by atoms with Crippen molar-refractivity contribution in [3.05, 3.63) is 84.4 Å². The van der Waals surface area contributed by atoms with Crippen LogP contribution in [0.5, 0.6) is 0 Å². The Morgan fingerprint density at radius 1 is 1.14 bits per heavy atom. The zero-order valence-corrected chi connectivity index (χ0v) is 12.4. The van der Waals surface area contributed by atoms with E-state index in [0.717, 1.165) is 11.1 Å². The number of benzene rings is 2. The Labute approximate surface area is 130 Å². The first-order valence-corrected chi connectivity index (χ1v) is 7.38. The molecule has 1 heterocycles. The highest BCUT2D eigenvalue weighted by Gasteiger charge is 2.55. The molecule has 2 aromatic rings. The SMILES string of the molecule is C=C[C@@H](c1ccccc1)[C@]1(O)CN(Cc2ccccc2)C1=O. The number of β-lactam (4-membered cyclic amide) rings is 1. The Hall–Kier alpha value is -2.39. The van der Waals surface area contributed by atoms with Crippen LogP contribution in [0.15, 0.2) is 73.3 Å². The Balaban J connectivity index is 1.75. The number of likely N-dealkylation sites (tertiary alicyclic amines) is 1. The highest BCUT2D eigenvalue weighted by molar-refractivity contribution is 5.92. The second kappa shape index (κ2) is 5.78. The van der Waals surface area contributed by atoms with E-state index < -0.39 is 5.60 Å². The van der Waals surface area contributed by atoms with Gasteiger partial charge in [-0.15, -0.1) is 6.58 Å². The van der Waals surface area contributed by atoms with Crippen LogP contribution in [-0.2, 0) is 11.3 Å². The van der Waals surface area contributed by atoms with Crippen molar-refractivity contribution in [2.75, 3.05) is 6.54 Å². The van der Waals surface area contributed by atoms with Crippen molar-refractivity contribution in [1.82, 2.24) is 4.90 Å². The monoisotopic (exact) mass is 293 g/mol. The molecule has 0 aromatic heterocycles. The summed E-state index contributed by atoms with van der Waals surface area (Å²) in [5, 5.41) is 10.8. The molecule has 1 saturated heterocycles. The molecular weight excluding hydrogens is 274 g/mol. The molecule has 1 amide bonds. The zero-order valence-electron chi connectivity index (χ0n) is 12.4. The molecule has 1 aliphatic heterocycles. The number of aliphatic hydroxyl groups is 1. The van der Waals surface area contributed by atoms with Crippen molar-refractivity contribution in [2.45, 2.75) is 18.1 Å². The lowest BCUT2D eigenvalue weighted by atomic mass is 9.76. The summed E-state index contributed by atoms with van der Waals surface area (Å²) in [7, 11) is 0. The van der Waals surface area contributed by atoms with Crippen molar-refractivity contribution >= 4 is 5.91 Å². The van der Waals surface area contributed by atoms with E-state index in [1.807, 2.05) is 60.7 Å². The summed E-state index contributed by atoms with van der Waals surface area (Å²) < 4.78 is 0. The number of hydrogen-bond acceptors (Lipinski definition) is 2. The van der Waals surface area contributed by atoms with E-state index in [1.54, 1.807) is 11.0 Å². The summed E-state index contributed by atoms with van der Waals surface area (Å²) in [6.45, 7) is 4.65. The van der Waals surface area contributed by atoms with Gasteiger partial charge in [-0.3, -0.25) is 4.79 Å². The minimum Gasteiger partial charge on any atom is -0.377 e. The maximum atomic E-state index is 12.5. The number of β-amino-alcohol motifs (C(OH)–C–C–N with tert-alkyl or cyclic N) is 1. The standard InChI is InChI=1S/C19H19NO2/c1-2-17(16-11-7-4-8-12-16)19(22)14-20(18(19)21)13-15-9-5-3-6-10-15/h2-12,17,22H,1,13-14H2/t17-,19+/m0/s1. The van der Waals surface area contributed by atoms with Crippen molar-refractivity contribution in [1.29, 1.82) is 0 Å². The van der Waals surface area contributed by atoms with Gasteiger partial charge in [0.1, 0.15) is 0 Å². The van der Waals surface area contributed by atoms with Crippen LogP contribution >= 0.6 is 0 Å². The van der Waals surface area contributed by atoms with E-state index in [0.29, 0.717) is 13.1 Å². The minimum atomic E-state index is -1.38. The van der Waals surface area contributed by atoms with Crippen LogP contribution in [0.1, 0.15) is 17.0 Å². The Morgan fingerprint density at radius 2 is 1.73 bits per heavy atom. The molecule has 0 unspecified atom stereocenters. The fourth-order valence-electron chi connectivity index (χ4n) is 3.04. The van der Waals surface area contributed by atoms with E-state index in [9.17, 15) is 9.90 Å². The first-order valence-electron chi connectivity index (χ1n) is 7.38. The molecule has 0 bridgehead atoms. The zero-order chi connectivity index (χ0) is 15.6. The number of amides is 1. The van der Waals surface area contributed by atoms with Gasteiger partial charge < -0.3 is 10.0 Å². The number of carbonyl (C=O) groups is 1. The molecule has 1 aliphatic rings. The van der Waals surface area contributed by atoms with Gasteiger partial charge in [-0.2, -0.15) is 0 Å². The van der Waals surface area contributed by atoms with Gasteiger partial charge in [0.25, 0.3) is 5.91 Å². The Bertz CT molecular complexity index is 668. The number of carbonyl (C=O) groups excluding carboxylic acids is 1. The summed E-state index contributed by atoms with van der Waals surface area (Å²) >= 11 is 0. The maximum absolute atomic E-state index is 12.5. The number of rotatable bonds is 5. The van der Waals surface area contributed by atoms with Gasteiger partial charge in [-0.1, -0.05) is 66.7 Å². The van der Waals surface area contributed by atoms with Crippen LogP contribution < -0.4 is 0 Å². The predicted octanol–water partition coefficient (Wildman–Crippen LogP) is 2.73. The van der Waals surface area contributed by atoms with Gasteiger partial charge in [-0.25, -0.2) is 0 Å². The Kier molecular flexibility index (Phi) is 3.82. The van der Waals surface area contributed by atoms with Crippen LogP contribution in [0.25, 0.3) is 0 Å². The highest BCUT2D eigenvalue weighted by atomic mass is 16.3.